The molecule has 0 aliphatic heterocycles. The van der Waals surface area contributed by atoms with Gasteiger partial charge < -0.3 is 20.9 Å². The summed E-state index contributed by atoms with van der Waals surface area (Å²) in [4.78, 5) is 36.4. The van der Waals surface area contributed by atoms with Crippen LogP contribution in [0.1, 0.15) is 123 Å². The number of carbonyl (C=O) groups excluding carboxylic acids is 2. The molecule has 0 radical (unpaired) electrons. The number of amides is 1. The van der Waals surface area contributed by atoms with Gasteiger partial charge in [0.2, 0.25) is 5.91 Å². The number of carboxylic acid groups (broad SMARTS) is 1. The Balaban J connectivity index is 4.78. The zero-order chi connectivity index (χ0) is 38.2. The second-order valence-corrected chi connectivity index (χ2v) is 12.2. The molecule has 52 heavy (non-hydrogen) atoms. The first kappa shape index (κ1) is 47.8. The van der Waals surface area contributed by atoms with Gasteiger partial charge in [-0.2, -0.15) is 0 Å². The van der Waals surface area contributed by atoms with Crippen LogP contribution in [0.3, 0.4) is 0 Å². The van der Waals surface area contributed by atoms with Crippen LogP contribution >= 0.6 is 0 Å². The molecular formula is C45H68N2O5. The molecule has 1 amide bonds. The number of ether oxygens (including phenoxy) is 1. The largest absolute Gasteiger partial charge is 0.480 e. The van der Waals surface area contributed by atoms with Crippen LogP contribution < -0.4 is 11.1 Å². The quantitative estimate of drug-likeness (QED) is 0.0362. The lowest BCUT2D eigenvalue weighted by molar-refractivity contribution is -0.146. The maximum absolute atomic E-state index is 12.6. The monoisotopic (exact) mass is 717 g/mol. The molecule has 0 aliphatic rings. The Morgan fingerprint density at radius 2 is 1.00 bits per heavy atom. The van der Waals surface area contributed by atoms with E-state index in [4.69, 9.17) is 10.5 Å². The number of unbranched alkanes of at least 4 members (excludes halogenated alkanes) is 1. The van der Waals surface area contributed by atoms with Crippen LogP contribution in [0.15, 0.2) is 122 Å². The first-order chi connectivity index (χ1) is 25.4. The molecule has 4 N–H and O–H groups in total. The predicted molar refractivity (Wildman–Crippen MR) is 220 cm³/mol. The van der Waals surface area contributed by atoms with Crippen LogP contribution in [0.2, 0.25) is 0 Å². The van der Waals surface area contributed by atoms with Crippen LogP contribution in [0.25, 0.3) is 0 Å². The third kappa shape index (κ3) is 34.2. The fraction of sp³-hybridized carbons (Fsp3) is 0.489. The zero-order valence-electron chi connectivity index (χ0n) is 32.1. The molecule has 0 bridgehead atoms. The molecule has 0 aromatic rings. The summed E-state index contributed by atoms with van der Waals surface area (Å²) in [6, 6.07) is -0.929. The van der Waals surface area contributed by atoms with Gasteiger partial charge in [0.1, 0.15) is 12.1 Å². The number of carboxylic acids is 1. The van der Waals surface area contributed by atoms with E-state index in [1.54, 1.807) is 0 Å². The lowest BCUT2D eigenvalue weighted by atomic mass is 10.1. The molecule has 288 valence electrons. The molecule has 7 heteroatoms. The Labute approximate surface area is 315 Å². The maximum atomic E-state index is 12.6. The van der Waals surface area contributed by atoms with Gasteiger partial charge in [-0.05, 0) is 109 Å². The third-order valence-electron chi connectivity index (χ3n) is 7.54. The van der Waals surface area contributed by atoms with E-state index in [1.165, 1.54) is 0 Å². The third-order valence-corrected chi connectivity index (χ3v) is 7.54. The van der Waals surface area contributed by atoms with Crippen LogP contribution in [-0.2, 0) is 19.1 Å². The topological polar surface area (TPSA) is 119 Å². The van der Waals surface area contributed by atoms with E-state index in [2.05, 4.69) is 116 Å². The summed E-state index contributed by atoms with van der Waals surface area (Å²) < 4.78 is 5.78. The normalized spacial score (nSPS) is 14.1. The van der Waals surface area contributed by atoms with Gasteiger partial charge in [0, 0.05) is 6.42 Å². The van der Waals surface area contributed by atoms with Crippen molar-refractivity contribution in [1.82, 2.24) is 5.32 Å². The summed E-state index contributed by atoms with van der Waals surface area (Å²) in [5.41, 5.74) is 5.48. The number of nitrogens with two attached hydrogens (primary N) is 1. The molecule has 0 spiro atoms. The van der Waals surface area contributed by atoms with Crippen molar-refractivity contribution < 1.29 is 24.2 Å². The molecule has 0 aliphatic carbocycles. The van der Waals surface area contributed by atoms with Crippen molar-refractivity contribution in [2.75, 3.05) is 6.54 Å². The number of aliphatic carboxylic acids is 1. The minimum absolute atomic E-state index is 0.191. The Morgan fingerprint density at radius 3 is 1.42 bits per heavy atom. The maximum Gasteiger partial charge on any atom is 0.326 e. The molecule has 0 saturated heterocycles. The summed E-state index contributed by atoms with van der Waals surface area (Å²) in [5, 5.41) is 11.9. The minimum Gasteiger partial charge on any atom is -0.480 e. The fourth-order valence-corrected chi connectivity index (χ4v) is 4.70. The molecule has 7 nitrogen and oxygen atoms in total. The Bertz CT molecular complexity index is 1220. The van der Waals surface area contributed by atoms with Crippen molar-refractivity contribution in [2.45, 2.75) is 135 Å². The van der Waals surface area contributed by atoms with Gasteiger partial charge in [-0.15, -0.1) is 0 Å². The number of hydrogen-bond donors (Lipinski definition) is 3. The van der Waals surface area contributed by atoms with Gasteiger partial charge >= 0.3 is 11.9 Å². The highest BCUT2D eigenvalue weighted by molar-refractivity contribution is 5.83. The van der Waals surface area contributed by atoms with Crippen molar-refractivity contribution in [1.29, 1.82) is 0 Å². The highest BCUT2D eigenvalue weighted by Gasteiger charge is 2.19. The van der Waals surface area contributed by atoms with Crippen molar-refractivity contribution in [3.8, 4) is 0 Å². The van der Waals surface area contributed by atoms with Gasteiger partial charge in [-0.3, -0.25) is 9.59 Å². The highest BCUT2D eigenvalue weighted by Crippen LogP contribution is 2.12. The average molecular weight is 717 g/mol. The van der Waals surface area contributed by atoms with Crippen LogP contribution in [0, 0.1) is 0 Å². The van der Waals surface area contributed by atoms with Gasteiger partial charge in [-0.1, -0.05) is 129 Å². The molecule has 0 aromatic carbocycles. The highest BCUT2D eigenvalue weighted by atomic mass is 16.5. The Hall–Kier alpha value is -4.23. The van der Waals surface area contributed by atoms with E-state index in [9.17, 15) is 19.5 Å². The molecule has 0 heterocycles. The summed E-state index contributed by atoms with van der Waals surface area (Å²) >= 11 is 0. The standard InChI is InChI=1S/C45H68N2O5/c1-3-5-7-9-11-13-15-17-19-21-23-25-27-29-31-39-44(49)52-41(36-32-33-38-43(48)47-42(45(50)51)37-34-40-46)35-30-28-26-24-22-20-18-16-14-12-10-8-6-4-2/h5-8,11-14,17-20,23-26,29-31,35,41-42H,3-4,9-10,15-16,21-22,27-28,32-34,36-40,46H2,1-2H3,(H,47,48)(H,50,51)/b7-5-,8-6-,13-11-,14-12-,19-17-,20-18-,25-23-,26-24-,31-29-,35-30-. The molecule has 0 saturated carbocycles. The van der Waals surface area contributed by atoms with Crippen LogP contribution in [0.5, 0.6) is 0 Å². The molecule has 2 atom stereocenters. The molecular weight excluding hydrogens is 649 g/mol. The summed E-state index contributed by atoms with van der Waals surface area (Å²) in [5.74, 6) is -1.65. The van der Waals surface area contributed by atoms with Gasteiger partial charge in [0.05, 0.1) is 6.42 Å². The van der Waals surface area contributed by atoms with E-state index in [0.717, 1.165) is 64.2 Å². The van der Waals surface area contributed by atoms with Gasteiger partial charge in [0.15, 0.2) is 0 Å². The van der Waals surface area contributed by atoms with Crippen molar-refractivity contribution in [2.24, 2.45) is 5.73 Å². The second-order valence-electron chi connectivity index (χ2n) is 12.2. The first-order valence-corrected chi connectivity index (χ1v) is 19.4. The van der Waals surface area contributed by atoms with Crippen molar-refractivity contribution in [3.63, 3.8) is 0 Å². The average Bonchev–Trinajstić information content (AvgIpc) is 3.13. The lowest BCUT2D eigenvalue weighted by Gasteiger charge is -2.15. The number of rotatable bonds is 32. The number of nitrogens with one attached hydrogen (secondary N) is 1. The molecule has 0 rings (SSSR count). The van der Waals surface area contributed by atoms with Crippen molar-refractivity contribution >= 4 is 17.8 Å². The molecule has 0 fully saturated rings. The van der Waals surface area contributed by atoms with E-state index in [1.807, 2.05) is 24.3 Å². The molecule has 0 aromatic heterocycles. The Kier molecular flexibility index (Phi) is 34.9. The zero-order valence-corrected chi connectivity index (χ0v) is 32.1. The second kappa shape index (κ2) is 38.0. The number of hydrogen-bond acceptors (Lipinski definition) is 5. The van der Waals surface area contributed by atoms with E-state index in [0.29, 0.717) is 38.6 Å². The molecule has 2 unspecified atom stereocenters. The van der Waals surface area contributed by atoms with E-state index in [-0.39, 0.29) is 24.7 Å². The predicted octanol–water partition coefficient (Wildman–Crippen LogP) is 10.7. The number of esters is 1. The summed E-state index contributed by atoms with van der Waals surface area (Å²) in [6.45, 7) is 4.64. The van der Waals surface area contributed by atoms with Crippen molar-refractivity contribution in [3.05, 3.63) is 122 Å². The number of allylic oxidation sites excluding steroid dienone is 18. The van der Waals surface area contributed by atoms with Crippen LogP contribution in [0.4, 0.5) is 0 Å². The summed E-state index contributed by atoms with van der Waals surface area (Å²) in [7, 11) is 0. The minimum atomic E-state index is -1.06. The van der Waals surface area contributed by atoms with Gasteiger partial charge in [0.25, 0.3) is 0 Å². The first-order valence-electron chi connectivity index (χ1n) is 19.4. The Morgan fingerprint density at radius 1 is 0.577 bits per heavy atom. The SMILES string of the molecule is CC/C=C\C/C=C\C/C=C\C/C=C\C/C=C\CC(=O)OC(/C=C\C/C=C\C/C=C\C/C=C\C/C=C\CC)CCCCC(=O)NC(CCCN)C(=O)O. The van der Waals surface area contributed by atoms with E-state index < -0.39 is 18.1 Å². The number of carbonyl (C=O) groups is 3. The van der Waals surface area contributed by atoms with E-state index >= 15 is 0 Å². The van der Waals surface area contributed by atoms with Crippen LogP contribution in [-0.4, -0.2) is 41.6 Å². The fourth-order valence-electron chi connectivity index (χ4n) is 4.70. The lowest BCUT2D eigenvalue weighted by Crippen LogP contribution is -2.40. The van der Waals surface area contributed by atoms with Gasteiger partial charge in [-0.25, -0.2) is 4.79 Å². The smallest absolute Gasteiger partial charge is 0.326 e. The summed E-state index contributed by atoms with van der Waals surface area (Å²) in [6.07, 6.45) is 54.0.